The predicted molar refractivity (Wildman–Crippen MR) is 112 cm³/mol. The molecule has 1 heterocycles. The molecule has 0 spiro atoms. The normalized spacial score (nSPS) is 12.4. The summed E-state index contributed by atoms with van der Waals surface area (Å²) in [5.41, 5.74) is 1.41. The SMILES string of the molecule is COc1cc2cc3c(c(-c4cc(OC)c(OC)c(OC)c4)c2cc1OC)C(=O)OC3=O. The van der Waals surface area contributed by atoms with E-state index in [2.05, 4.69) is 0 Å². The molecule has 0 radical (unpaired) electrons. The van der Waals surface area contributed by atoms with Crippen LogP contribution >= 0.6 is 0 Å². The lowest BCUT2D eigenvalue weighted by molar-refractivity contribution is 0.0444. The van der Waals surface area contributed by atoms with Crippen LogP contribution in [0.5, 0.6) is 28.7 Å². The fourth-order valence-electron chi connectivity index (χ4n) is 3.82. The monoisotopic (exact) mass is 424 g/mol. The van der Waals surface area contributed by atoms with Gasteiger partial charge in [0.2, 0.25) is 5.75 Å². The van der Waals surface area contributed by atoms with Crippen molar-refractivity contribution in [3.63, 3.8) is 0 Å². The van der Waals surface area contributed by atoms with Crippen molar-refractivity contribution in [2.75, 3.05) is 35.5 Å². The Balaban J connectivity index is 2.16. The van der Waals surface area contributed by atoms with Crippen LogP contribution in [0, 0.1) is 0 Å². The number of carbonyl (C=O) groups is 2. The van der Waals surface area contributed by atoms with E-state index in [0.717, 1.165) is 0 Å². The minimum atomic E-state index is -0.722. The Bertz CT molecular complexity index is 1200. The molecule has 1 aliphatic heterocycles. The molecular weight excluding hydrogens is 404 g/mol. The largest absolute Gasteiger partial charge is 0.493 e. The van der Waals surface area contributed by atoms with Crippen molar-refractivity contribution >= 4 is 22.7 Å². The molecule has 8 nitrogen and oxygen atoms in total. The second-order valence-electron chi connectivity index (χ2n) is 6.69. The molecule has 3 aromatic rings. The number of hydrogen-bond donors (Lipinski definition) is 0. The number of ether oxygens (including phenoxy) is 6. The highest BCUT2D eigenvalue weighted by Gasteiger charge is 2.35. The van der Waals surface area contributed by atoms with Crippen LogP contribution in [0.15, 0.2) is 30.3 Å². The van der Waals surface area contributed by atoms with Crippen molar-refractivity contribution in [3.8, 4) is 39.9 Å². The smallest absolute Gasteiger partial charge is 0.347 e. The average molecular weight is 424 g/mol. The minimum Gasteiger partial charge on any atom is -0.493 e. The van der Waals surface area contributed by atoms with Gasteiger partial charge in [0.15, 0.2) is 23.0 Å². The van der Waals surface area contributed by atoms with Gasteiger partial charge in [0, 0.05) is 5.56 Å². The van der Waals surface area contributed by atoms with Crippen molar-refractivity contribution in [1.29, 1.82) is 0 Å². The van der Waals surface area contributed by atoms with Gasteiger partial charge in [-0.3, -0.25) is 0 Å². The Kier molecular flexibility index (Phi) is 5.06. The lowest BCUT2D eigenvalue weighted by Gasteiger charge is -2.17. The maximum atomic E-state index is 12.6. The van der Waals surface area contributed by atoms with Gasteiger partial charge in [-0.2, -0.15) is 0 Å². The number of esters is 2. The first kappa shape index (κ1) is 20.3. The summed E-state index contributed by atoms with van der Waals surface area (Å²) in [4.78, 5) is 25.0. The molecule has 0 bridgehead atoms. The zero-order valence-electron chi connectivity index (χ0n) is 17.7. The first-order valence-corrected chi connectivity index (χ1v) is 9.27. The highest BCUT2D eigenvalue weighted by atomic mass is 16.6. The molecule has 0 amide bonds. The van der Waals surface area contributed by atoms with E-state index in [1.165, 1.54) is 35.5 Å². The zero-order valence-corrected chi connectivity index (χ0v) is 17.7. The standard InChI is InChI=1S/C23H20O8/c1-26-15-7-11-6-14-20(23(25)31-22(14)24)19(13(11)10-16(15)27-2)12-8-17(28-3)21(30-5)18(9-12)29-4/h6-10H,1-5H3. The molecule has 0 N–H and O–H groups in total. The van der Waals surface area contributed by atoms with Crippen molar-refractivity contribution in [1.82, 2.24) is 0 Å². The maximum absolute atomic E-state index is 12.6. The first-order valence-electron chi connectivity index (χ1n) is 9.27. The van der Waals surface area contributed by atoms with E-state index in [4.69, 9.17) is 28.4 Å². The number of rotatable bonds is 6. The average Bonchev–Trinajstić information content (AvgIpc) is 3.08. The summed E-state index contributed by atoms with van der Waals surface area (Å²) in [5.74, 6) is 0.751. The minimum absolute atomic E-state index is 0.166. The quantitative estimate of drug-likeness (QED) is 0.435. The number of hydrogen-bond acceptors (Lipinski definition) is 8. The van der Waals surface area contributed by atoms with Crippen molar-refractivity contribution < 1.29 is 38.0 Å². The van der Waals surface area contributed by atoms with Gasteiger partial charge in [0.1, 0.15) is 0 Å². The van der Waals surface area contributed by atoms with Crippen LogP contribution in [0.25, 0.3) is 21.9 Å². The van der Waals surface area contributed by atoms with Gasteiger partial charge in [-0.25, -0.2) is 9.59 Å². The number of cyclic esters (lactones) is 2. The highest BCUT2D eigenvalue weighted by molar-refractivity contribution is 6.22. The fraction of sp³-hybridized carbons (Fsp3) is 0.217. The summed E-state index contributed by atoms with van der Waals surface area (Å²) < 4.78 is 32.1. The van der Waals surface area contributed by atoms with Crippen LogP contribution < -0.4 is 23.7 Å². The van der Waals surface area contributed by atoms with E-state index in [1.54, 1.807) is 30.3 Å². The third kappa shape index (κ3) is 3.07. The lowest BCUT2D eigenvalue weighted by atomic mass is 9.90. The molecule has 0 aliphatic carbocycles. The molecule has 31 heavy (non-hydrogen) atoms. The third-order valence-corrected chi connectivity index (χ3v) is 5.21. The predicted octanol–water partition coefficient (Wildman–Crippen LogP) is 3.86. The van der Waals surface area contributed by atoms with Crippen molar-refractivity contribution in [3.05, 3.63) is 41.5 Å². The van der Waals surface area contributed by atoms with Gasteiger partial charge in [0.25, 0.3) is 0 Å². The summed E-state index contributed by atoms with van der Waals surface area (Å²) in [7, 11) is 7.55. The summed E-state index contributed by atoms with van der Waals surface area (Å²) in [6.45, 7) is 0. The second kappa shape index (κ2) is 7.71. The van der Waals surface area contributed by atoms with Gasteiger partial charge in [0.05, 0.1) is 46.7 Å². The second-order valence-corrected chi connectivity index (χ2v) is 6.69. The molecule has 0 saturated heterocycles. The Morgan fingerprint density at radius 1 is 0.613 bits per heavy atom. The molecular formula is C23H20O8. The van der Waals surface area contributed by atoms with E-state index < -0.39 is 11.9 Å². The summed E-state index contributed by atoms with van der Waals surface area (Å²) in [5, 5.41) is 1.34. The van der Waals surface area contributed by atoms with Gasteiger partial charge < -0.3 is 28.4 Å². The van der Waals surface area contributed by atoms with Crippen molar-refractivity contribution in [2.24, 2.45) is 0 Å². The number of methoxy groups -OCH3 is 5. The molecule has 0 atom stereocenters. The molecule has 4 rings (SSSR count). The van der Waals surface area contributed by atoms with Gasteiger partial charge in [-0.05, 0) is 46.7 Å². The van der Waals surface area contributed by atoms with Gasteiger partial charge in [-0.15, -0.1) is 0 Å². The fourth-order valence-corrected chi connectivity index (χ4v) is 3.82. The molecule has 0 aromatic heterocycles. The van der Waals surface area contributed by atoms with Gasteiger partial charge in [-0.1, -0.05) is 0 Å². The van der Waals surface area contributed by atoms with Crippen LogP contribution in [0.1, 0.15) is 20.7 Å². The third-order valence-electron chi connectivity index (χ3n) is 5.21. The summed E-state index contributed by atoms with van der Waals surface area (Å²) in [6, 6.07) is 8.53. The Labute approximate surface area is 178 Å². The number of carbonyl (C=O) groups excluding carboxylic acids is 2. The molecule has 160 valence electrons. The summed E-state index contributed by atoms with van der Waals surface area (Å²) in [6.07, 6.45) is 0. The van der Waals surface area contributed by atoms with Crippen LogP contribution in [0.3, 0.4) is 0 Å². The Morgan fingerprint density at radius 2 is 1.19 bits per heavy atom. The van der Waals surface area contributed by atoms with Crippen LogP contribution in [-0.2, 0) is 4.74 Å². The molecule has 8 heteroatoms. The van der Waals surface area contributed by atoms with E-state index in [-0.39, 0.29) is 11.1 Å². The first-order chi connectivity index (χ1) is 15.0. The Morgan fingerprint density at radius 3 is 1.74 bits per heavy atom. The Hall–Kier alpha value is -3.94. The van der Waals surface area contributed by atoms with E-state index in [0.29, 0.717) is 50.6 Å². The van der Waals surface area contributed by atoms with E-state index in [1.807, 2.05) is 0 Å². The van der Waals surface area contributed by atoms with Gasteiger partial charge >= 0.3 is 11.9 Å². The van der Waals surface area contributed by atoms with Crippen LogP contribution in [-0.4, -0.2) is 47.5 Å². The molecule has 3 aromatic carbocycles. The van der Waals surface area contributed by atoms with E-state index >= 15 is 0 Å². The van der Waals surface area contributed by atoms with Crippen molar-refractivity contribution in [2.45, 2.75) is 0 Å². The number of fused-ring (bicyclic) bond motifs is 2. The molecule has 0 fully saturated rings. The summed E-state index contributed by atoms with van der Waals surface area (Å²) >= 11 is 0. The number of benzene rings is 3. The molecule has 0 saturated carbocycles. The highest BCUT2D eigenvalue weighted by Crippen LogP contribution is 2.47. The maximum Gasteiger partial charge on any atom is 0.347 e. The van der Waals surface area contributed by atoms with E-state index in [9.17, 15) is 9.59 Å². The zero-order chi connectivity index (χ0) is 22.3. The van der Waals surface area contributed by atoms with Crippen LogP contribution in [0.2, 0.25) is 0 Å². The molecule has 0 unspecified atom stereocenters. The topological polar surface area (TPSA) is 89.5 Å². The lowest BCUT2D eigenvalue weighted by Crippen LogP contribution is -2.01. The molecule has 1 aliphatic rings. The van der Waals surface area contributed by atoms with Crippen LogP contribution in [0.4, 0.5) is 0 Å².